The van der Waals surface area contributed by atoms with Crippen molar-refractivity contribution in [1.82, 2.24) is 4.98 Å². The molecule has 6 nitrogen and oxygen atoms in total. The Bertz CT molecular complexity index is 513. The van der Waals surface area contributed by atoms with E-state index in [1.807, 2.05) is 0 Å². The zero-order valence-corrected chi connectivity index (χ0v) is 10.4. The standard InChI is InChI=1S/C10H14N2O4S/c1-12(7-5-9(13)14)10-8(17(2,15)16)4-3-6-11-10/h3-4,6H,5,7H2,1-2H3,(H,13,14). The average Bonchev–Trinajstić information content (AvgIpc) is 2.24. The quantitative estimate of drug-likeness (QED) is 0.822. The average molecular weight is 258 g/mol. The SMILES string of the molecule is CN(CCC(=O)O)c1ncccc1S(C)(=O)=O. The first kappa shape index (κ1) is 13.4. The summed E-state index contributed by atoms with van der Waals surface area (Å²) >= 11 is 0. The van der Waals surface area contributed by atoms with E-state index in [0.717, 1.165) is 6.26 Å². The molecule has 0 aliphatic carbocycles. The zero-order valence-electron chi connectivity index (χ0n) is 9.62. The molecule has 0 saturated carbocycles. The highest BCUT2D eigenvalue weighted by Gasteiger charge is 2.17. The van der Waals surface area contributed by atoms with E-state index in [1.165, 1.54) is 23.2 Å². The van der Waals surface area contributed by atoms with Crippen LogP contribution in [0.1, 0.15) is 6.42 Å². The number of pyridine rings is 1. The smallest absolute Gasteiger partial charge is 0.305 e. The van der Waals surface area contributed by atoms with Crippen molar-refractivity contribution in [2.45, 2.75) is 11.3 Å². The number of carboxylic acids is 1. The summed E-state index contributed by atoms with van der Waals surface area (Å²) < 4.78 is 23.0. The Morgan fingerprint density at radius 1 is 1.53 bits per heavy atom. The predicted molar refractivity (Wildman–Crippen MR) is 62.9 cm³/mol. The summed E-state index contributed by atoms with van der Waals surface area (Å²) in [5.41, 5.74) is 0. The van der Waals surface area contributed by atoms with Crippen molar-refractivity contribution < 1.29 is 18.3 Å². The van der Waals surface area contributed by atoms with Crippen LogP contribution in [0.3, 0.4) is 0 Å². The Labute approximate surface area is 99.8 Å². The summed E-state index contributed by atoms with van der Waals surface area (Å²) in [6.45, 7) is 0.203. The maximum atomic E-state index is 11.5. The second-order valence-electron chi connectivity index (χ2n) is 3.66. The molecule has 0 saturated heterocycles. The highest BCUT2D eigenvalue weighted by atomic mass is 32.2. The molecule has 17 heavy (non-hydrogen) atoms. The van der Waals surface area contributed by atoms with Crippen LogP contribution in [0.25, 0.3) is 0 Å². The van der Waals surface area contributed by atoms with Crippen LogP contribution in [0.5, 0.6) is 0 Å². The number of hydrogen-bond acceptors (Lipinski definition) is 5. The molecule has 7 heteroatoms. The van der Waals surface area contributed by atoms with Gasteiger partial charge in [-0.1, -0.05) is 0 Å². The van der Waals surface area contributed by atoms with Gasteiger partial charge in [-0.25, -0.2) is 13.4 Å². The van der Waals surface area contributed by atoms with E-state index in [1.54, 1.807) is 7.05 Å². The van der Waals surface area contributed by atoms with Crippen LogP contribution in [0, 0.1) is 0 Å². The minimum absolute atomic E-state index is 0.0731. The van der Waals surface area contributed by atoms with Crippen LogP contribution in [-0.2, 0) is 14.6 Å². The molecule has 0 aliphatic heterocycles. The molecule has 0 amide bonds. The monoisotopic (exact) mass is 258 g/mol. The first-order valence-electron chi connectivity index (χ1n) is 4.90. The number of rotatable bonds is 5. The van der Waals surface area contributed by atoms with Crippen molar-refractivity contribution >= 4 is 21.6 Å². The van der Waals surface area contributed by atoms with Crippen LogP contribution in [0.4, 0.5) is 5.82 Å². The molecular formula is C10H14N2O4S. The second kappa shape index (κ2) is 5.13. The normalized spacial score (nSPS) is 11.2. The van der Waals surface area contributed by atoms with Crippen LogP contribution in [-0.4, -0.2) is 44.3 Å². The molecule has 0 aliphatic rings. The van der Waals surface area contributed by atoms with Crippen molar-refractivity contribution in [2.75, 3.05) is 24.7 Å². The van der Waals surface area contributed by atoms with Crippen molar-refractivity contribution in [3.8, 4) is 0 Å². The number of carbonyl (C=O) groups is 1. The fourth-order valence-electron chi connectivity index (χ4n) is 1.33. The maximum Gasteiger partial charge on any atom is 0.305 e. The summed E-state index contributed by atoms with van der Waals surface area (Å²) in [4.78, 5) is 16.1. The molecule has 0 fully saturated rings. The van der Waals surface area contributed by atoms with Gasteiger partial charge in [-0.2, -0.15) is 0 Å². The number of nitrogens with zero attached hydrogens (tertiary/aromatic N) is 2. The highest BCUT2D eigenvalue weighted by molar-refractivity contribution is 7.90. The van der Waals surface area contributed by atoms with Crippen LogP contribution >= 0.6 is 0 Å². The molecule has 1 heterocycles. The summed E-state index contributed by atoms with van der Waals surface area (Å²) in [5, 5.41) is 8.57. The first-order chi connectivity index (χ1) is 7.82. The van der Waals surface area contributed by atoms with Gasteiger partial charge in [-0.15, -0.1) is 0 Å². The summed E-state index contributed by atoms with van der Waals surface area (Å²) in [6.07, 6.45) is 2.50. The maximum absolute atomic E-state index is 11.5. The molecule has 0 spiro atoms. The van der Waals surface area contributed by atoms with Gasteiger partial charge in [0.15, 0.2) is 9.84 Å². The van der Waals surface area contributed by atoms with E-state index < -0.39 is 15.8 Å². The molecule has 0 radical (unpaired) electrons. The van der Waals surface area contributed by atoms with E-state index in [0.29, 0.717) is 0 Å². The molecule has 0 unspecified atom stereocenters. The Kier molecular flexibility index (Phi) is 4.06. The van der Waals surface area contributed by atoms with Gasteiger partial charge < -0.3 is 10.0 Å². The topological polar surface area (TPSA) is 87.6 Å². The van der Waals surface area contributed by atoms with E-state index in [9.17, 15) is 13.2 Å². The Hall–Kier alpha value is -1.63. The van der Waals surface area contributed by atoms with E-state index in [4.69, 9.17) is 5.11 Å². The first-order valence-corrected chi connectivity index (χ1v) is 6.79. The zero-order chi connectivity index (χ0) is 13.1. The van der Waals surface area contributed by atoms with Gasteiger partial charge in [0, 0.05) is 26.0 Å². The third kappa shape index (κ3) is 3.70. The van der Waals surface area contributed by atoms with E-state index >= 15 is 0 Å². The number of aliphatic carboxylic acids is 1. The number of aromatic nitrogens is 1. The third-order valence-corrected chi connectivity index (χ3v) is 3.29. The fourth-order valence-corrected chi connectivity index (χ4v) is 2.19. The summed E-state index contributed by atoms with van der Waals surface area (Å²) in [5.74, 6) is -0.662. The predicted octanol–water partition coefficient (Wildman–Crippen LogP) is 0.396. The Morgan fingerprint density at radius 2 is 2.18 bits per heavy atom. The highest BCUT2D eigenvalue weighted by Crippen LogP contribution is 2.20. The minimum Gasteiger partial charge on any atom is -0.481 e. The van der Waals surface area contributed by atoms with Crippen molar-refractivity contribution in [3.05, 3.63) is 18.3 Å². The van der Waals surface area contributed by atoms with Gasteiger partial charge in [-0.3, -0.25) is 4.79 Å². The molecule has 1 aromatic rings. The van der Waals surface area contributed by atoms with E-state index in [2.05, 4.69) is 4.98 Å². The minimum atomic E-state index is -3.37. The van der Waals surface area contributed by atoms with Gasteiger partial charge >= 0.3 is 5.97 Å². The molecule has 0 bridgehead atoms. The lowest BCUT2D eigenvalue weighted by molar-refractivity contribution is -0.136. The molecular weight excluding hydrogens is 244 g/mol. The molecule has 1 rings (SSSR count). The molecule has 0 atom stereocenters. The van der Waals surface area contributed by atoms with Crippen LogP contribution < -0.4 is 4.90 Å². The largest absolute Gasteiger partial charge is 0.481 e. The number of hydrogen-bond donors (Lipinski definition) is 1. The van der Waals surface area contributed by atoms with Crippen molar-refractivity contribution in [1.29, 1.82) is 0 Å². The van der Waals surface area contributed by atoms with Crippen molar-refractivity contribution in [3.63, 3.8) is 0 Å². The molecule has 1 aromatic heterocycles. The van der Waals surface area contributed by atoms with Gasteiger partial charge in [-0.05, 0) is 12.1 Å². The molecule has 1 N–H and O–H groups in total. The van der Waals surface area contributed by atoms with Gasteiger partial charge in [0.05, 0.1) is 6.42 Å². The lowest BCUT2D eigenvalue weighted by atomic mass is 10.3. The summed E-state index contributed by atoms with van der Waals surface area (Å²) in [7, 11) is -1.76. The lowest BCUT2D eigenvalue weighted by Gasteiger charge is -2.19. The summed E-state index contributed by atoms with van der Waals surface area (Å²) in [6, 6.07) is 2.99. The lowest BCUT2D eigenvalue weighted by Crippen LogP contribution is -2.24. The van der Waals surface area contributed by atoms with Gasteiger partial charge in [0.25, 0.3) is 0 Å². The van der Waals surface area contributed by atoms with Gasteiger partial charge in [0.2, 0.25) is 0 Å². The van der Waals surface area contributed by atoms with Crippen LogP contribution in [0.15, 0.2) is 23.2 Å². The van der Waals surface area contributed by atoms with Crippen molar-refractivity contribution in [2.24, 2.45) is 0 Å². The Morgan fingerprint density at radius 3 is 2.71 bits per heavy atom. The number of carboxylic acid groups (broad SMARTS) is 1. The fraction of sp³-hybridized carbons (Fsp3) is 0.400. The molecule has 94 valence electrons. The van der Waals surface area contributed by atoms with Crippen LogP contribution in [0.2, 0.25) is 0 Å². The van der Waals surface area contributed by atoms with E-state index in [-0.39, 0.29) is 23.7 Å². The third-order valence-electron chi connectivity index (χ3n) is 2.17. The molecule has 0 aromatic carbocycles. The second-order valence-corrected chi connectivity index (χ2v) is 5.65. The van der Waals surface area contributed by atoms with Gasteiger partial charge in [0.1, 0.15) is 10.7 Å². The Balaban J connectivity index is 3.01. The number of anilines is 1. The number of sulfone groups is 1.